The van der Waals surface area contributed by atoms with Crippen molar-refractivity contribution in [3.8, 4) is 11.8 Å². The van der Waals surface area contributed by atoms with Gasteiger partial charge in [-0.05, 0) is 67.6 Å². The molecule has 0 aliphatic rings. The third kappa shape index (κ3) is 5.98. The van der Waals surface area contributed by atoms with Gasteiger partial charge >= 0.3 is 10.1 Å². The van der Waals surface area contributed by atoms with Crippen LogP contribution in [0.15, 0.2) is 81.7 Å². The van der Waals surface area contributed by atoms with Crippen LogP contribution >= 0.6 is 27.5 Å². The van der Waals surface area contributed by atoms with Gasteiger partial charge in [0.15, 0.2) is 0 Å². The van der Waals surface area contributed by atoms with Crippen LogP contribution < -0.4 is 9.50 Å². The first-order valence-corrected chi connectivity index (χ1v) is 11.8. The van der Waals surface area contributed by atoms with E-state index in [2.05, 4.69) is 21.2 Å². The van der Waals surface area contributed by atoms with Gasteiger partial charge < -0.3 is 9.50 Å². The predicted octanol–water partition coefficient (Wildman–Crippen LogP) is 5.72. The molecule has 0 fully saturated rings. The summed E-state index contributed by atoms with van der Waals surface area (Å²) in [4.78, 5) is 12.5. The summed E-state index contributed by atoms with van der Waals surface area (Å²) in [6.07, 6.45) is 1.26. The van der Waals surface area contributed by atoms with E-state index in [1.807, 2.05) is 25.1 Å². The van der Waals surface area contributed by atoms with Gasteiger partial charge in [-0.15, -0.1) is 0 Å². The van der Waals surface area contributed by atoms with Crippen LogP contribution in [0.1, 0.15) is 11.1 Å². The monoisotopic (exact) mass is 530 g/mol. The van der Waals surface area contributed by atoms with Gasteiger partial charge in [0.25, 0.3) is 5.91 Å². The minimum atomic E-state index is -4.17. The molecule has 3 aromatic carbocycles. The van der Waals surface area contributed by atoms with Crippen LogP contribution in [0.25, 0.3) is 6.08 Å². The summed E-state index contributed by atoms with van der Waals surface area (Å²) in [7, 11) is -4.17. The second-order valence-corrected chi connectivity index (χ2v) is 9.56. The SMILES string of the molecule is Cc1ccc(NC(=O)/C(C#N)=C/c2cc(Br)ccc2OS(=O)(=O)c2ccc(Cl)cc2)cc1. The highest BCUT2D eigenvalue weighted by molar-refractivity contribution is 9.10. The molecule has 0 aliphatic heterocycles. The Balaban J connectivity index is 1.93. The van der Waals surface area contributed by atoms with Crippen molar-refractivity contribution in [1.82, 2.24) is 0 Å². The van der Waals surface area contributed by atoms with E-state index in [1.54, 1.807) is 24.3 Å². The number of halogens is 2. The third-order valence-corrected chi connectivity index (χ3v) is 6.24. The van der Waals surface area contributed by atoms with Crippen LogP contribution in [-0.2, 0) is 14.9 Å². The van der Waals surface area contributed by atoms with Crippen LogP contribution in [0.3, 0.4) is 0 Å². The predicted molar refractivity (Wildman–Crippen MR) is 127 cm³/mol. The molecule has 0 spiro atoms. The van der Waals surface area contributed by atoms with Gasteiger partial charge in [-0.2, -0.15) is 13.7 Å². The zero-order valence-electron chi connectivity index (χ0n) is 16.7. The Labute approximate surface area is 199 Å². The molecule has 0 saturated heterocycles. The first-order chi connectivity index (χ1) is 15.2. The number of amides is 1. The molecule has 0 radical (unpaired) electrons. The number of rotatable bonds is 6. The zero-order chi connectivity index (χ0) is 23.3. The standard InChI is InChI=1S/C23H16BrClN2O4S/c1-15-2-7-20(8-3-15)27-23(28)17(14-26)12-16-13-18(24)4-11-22(16)31-32(29,30)21-9-5-19(25)6-10-21/h2-13H,1H3,(H,27,28)/b17-12+. The number of carbonyl (C=O) groups excluding carboxylic acids is 1. The lowest BCUT2D eigenvalue weighted by molar-refractivity contribution is -0.112. The molecule has 162 valence electrons. The van der Waals surface area contributed by atoms with E-state index in [0.717, 1.165) is 5.56 Å². The van der Waals surface area contributed by atoms with Crippen molar-refractivity contribution < 1.29 is 17.4 Å². The molecule has 3 aromatic rings. The van der Waals surface area contributed by atoms with E-state index >= 15 is 0 Å². The normalized spacial score (nSPS) is 11.5. The number of aryl methyl sites for hydroxylation is 1. The smallest absolute Gasteiger partial charge is 0.339 e. The fourth-order valence-electron chi connectivity index (χ4n) is 2.61. The number of anilines is 1. The van der Waals surface area contributed by atoms with Crippen molar-refractivity contribution in [2.75, 3.05) is 5.32 Å². The van der Waals surface area contributed by atoms with Gasteiger partial charge in [0, 0.05) is 20.7 Å². The Bertz CT molecular complexity index is 1330. The molecular formula is C23H16BrClN2O4S. The fourth-order valence-corrected chi connectivity index (χ4v) is 4.07. The second kappa shape index (κ2) is 10.0. The van der Waals surface area contributed by atoms with Gasteiger partial charge in [0.1, 0.15) is 22.3 Å². The largest absolute Gasteiger partial charge is 0.378 e. The number of nitriles is 1. The van der Waals surface area contributed by atoms with Crippen LogP contribution in [0, 0.1) is 18.3 Å². The summed E-state index contributed by atoms with van der Waals surface area (Å²) in [5.41, 5.74) is 1.56. The van der Waals surface area contributed by atoms with Crippen molar-refractivity contribution >= 4 is 55.3 Å². The van der Waals surface area contributed by atoms with Gasteiger partial charge in [-0.25, -0.2) is 0 Å². The molecule has 9 heteroatoms. The molecule has 3 rings (SSSR count). The van der Waals surface area contributed by atoms with Crippen LogP contribution in [0.4, 0.5) is 5.69 Å². The van der Waals surface area contributed by atoms with E-state index in [1.165, 1.54) is 36.4 Å². The highest BCUT2D eigenvalue weighted by Crippen LogP contribution is 2.29. The van der Waals surface area contributed by atoms with Crippen molar-refractivity contribution in [1.29, 1.82) is 5.26 Å². The average Bonchev–Trinajstić information content (AvgIpc) is 2.75. The number of benzene rings is 3. The third-order valence-electron chi connectivity index (χ3n) is 4.25. The molecule has 0 aliphatic carbocycles. The topological polar surface area (TPSA) is 96.3 Å². The Morgan fingerprint density at radius 3 is 2.38 bits per heavy atom. The summed E-state index contributed by atoms with van der Waals surface area (Å²) >= 11 is 9.12. The van der Waals surface area contributed by atoms with Crippen molar-refractivity contribution in [2.45, 2.75) is 11.8 Å². The molecule has 1 amide bonds. The Kier molecular flexibility index (Phi) is 7.36. The van der Waals surface area contributed by atoms with E-state index < -0.39 is 16.0 Å². The van der Waals surface area contributed by atoms with Gasteiger partial charge in [-0.3, -0.25) is 4.79 Å². The van der Waals surface area contributed by atoms with E-state index in [0.29, 0.717) is 15.2 Å². The second-order valence-electron chi connectivity index (χ2n) is 6.66. The number of nitrogens with zero attached hydrogens (tertiary/aromatic N) is 1. The molecule has 0 bridgehead atoms. The maximum Gasteiger partial charge on any atom is 0.339 e. The fraction of sp³-hybridized carbons (Fsp3) is 0.0435. The first-order valence-electron chi connectivity index (χ1n) is 9.17. The number of hydrogen-bond donors (Lipinski definition) is 1. The van der Waals surface area contributed by atoms with Gasteiger partial charge in [0.2, 0.25) is 0 Å². The minimum Gasteiger partial charge on any atom is -0.378 e. The quantitative estimate of drug-likeness (QED) is 0.249. The lowest BCUT2D eigenvalue weighted by Crippen LogP contribution is -2.14. The Hall–Kier alpha value is -3.12. The zero-order valence-corrected chi connectivity index (χ0v) is 19.8. The lowest BCUT2D eigenvalue weighted by atomic mass is 10.1. The van der Waals surface area contributed by atoms with E-state index in [-0.39, 0.29) is 21.8 Å². The Morgan fingerprint density at radius 2 is 1.75 bits per heavy atom. The molecule has 6 nitrogen and oxygen atoms in total. The number of carbonyl (C=O) groups is 1. The van der Waals surface area contributed by atoms with Crippen LogP contribution in [-0.4, -0.2) is 14.3 Å². The van der Waals surface area contributed by atoms with Gasteiger partial charge in [-0.1, -0.05) is 45.2 Å². The maximum atomic E-state index is 12.7. The van der Waals surface area contributed by atoms with Crippen molar-refractivity contribution in [2.24, 2.45) is 0 Å². The summed E-state index contributed by atoms with van der Waals surface area (Å²) < 4.78 is 31.2. The highest BCUT2D eigenvalue weighted by atomic mass is 79.9. The number of hydrogen-bond acceptors (Lipinski definition) is 5. The van der Waals surface area contributed by atoms with Crippen LogP contribution in [0.2, 0.25) is 5.02 Å². The molecule has 0 atom stereocenters. The van der Waals surface area contributed by atoms with Gasteiger partial charge in [0.05, 0.1) is 0 Å². The lowest BCUT2D eigenvalue weighted by Gasteiger charge is -2.11. The molecular weight excluding hydrogens is 516 g/mol. The molecule has 0 saturated carbocycles. The van der Waals surface area contributed by atoms with E-state index in [4.69, 9.17) is 15.8 Å². The average molecular weight is 532 g/mol. The summed E-state index contributed by atoms with van der Waals surface area (Å²) in [6, 6.07) is 19.0. The van der Waals surface area contributed by atoms with Crippen molar-refractivity contribution in [3.63, 3.8) is 0 Å². The Morgan fingerprint density at radius 1 is 1.09 bits per heavy atom. The molecule has 0 aromatic heterocycles. The first kappa shape index (κ1) is 23.5. The maximum absolute atomic E-state index is 12.7. The molecule has 1 N–H and O–H groups in total. The highest BCUT2D eigenvalue weighted by Gasteiger charge is 2.19. The van der Waals surface area contributed by atoms with Crippen LogP contribution in [0.5, 0.6) is 5.75 Å². The summed E-state index contributed by atoms with van der Waals surface area (Å²) in [6.45, 7) is 1.92. The molecule has 32 heavy (non-hydrogen) atoms. The summed E-state index contributed by atoms with van der Waals surface area (Å²) in [5, 5.41) is 12.5. The molecule has 0 heterocycles. The molecule has 0 unspecified atom stereocenters. The van der Waals surface area contributed by atoms with Crippen molar-refractivity contribution in [3.05, 3.63) is 92.9 Å². The van der Waals surface area contributed by atoms with E-state index in [9.17, 15) is 18.5 Å². The summed E-state index contributed by atoms with van der Waals surface area (Å²) in [5.74, 6) is -0.679. The number of nitrogens with one attached hydrogen (secondary N) is 1. The minimum absolute atomic E-state index is 0.0426.